The number of nitrogens with two attached hydrogens (primary N) is 1. The summed E-state index contributed by atoms with van der Waals surface area (Å²) in [7, 11) is 0. The fourth-order valence-electron chi connectivity index (χ4n) is 2.03. The van der Waals surface area contributed by atoms with Gasteiger partial charge in [-0.05, 0) is 30.7 Å². The summed E-state index contributed by atoms with van der Waals surface area (Å²) in [5, 5.41) is 3.82. The molecule has 0 aliphatic rings. The van der Waals surface area contributed by atoms with Crippen molar-refractivity contribution in [1.82, 2.24) is 15.1 Å². The molecule has 6 heteroatoms. The number of hydrogen-bond acceptors (Lipinski definition) is 6. The minimum Gasteiger partial charge on any atom is -0.494 e. The first-order valence-electron chi connectivity index (χ1n) is 6.55. The van der Waals surface area contributed by atoms with Gasteiger partial charge in [-0.1, -0.05) is 17.3 Å². The van der Waals surface area contributed by atoms with E-state index in [4.69, 9.17) is 15.0 Å². The van der Waals surface area contributed by atoms with E-state index in [1.807, 2.05) is 31.2 Å². The Labute approximate surface area is 121 Å². The number of ether oxygens (including phenoxy) is 1. The van der Waals surface area contributed by atoms with Gasteiger partial charge in [0, 0.05) is 12.4 Å². The molecule has 0 saturated heterocycles. The molecule has 1 aromatic carbocycles. The van der Waals surface area contributed by atoms with Crippen LogP contribution in [0.15, 0.2) is 47.2 Å². The van der Waals surface area contributed by atoms with Gasteiger partial charge >= 0.3 is 0 Å². The van der Waals surface area contributed by atoms with Crippen molar-refractivity contribution in [3.63, 3.8) is 0 Å². The van der Waals surface area contributed by atoms with E-state index in [2.05, 4.69) is 15.1 Å². The van der Waals surface area contributed by atoms with Crippen LogP contribution >= 0.6 is 0 Å². The maximum Gasteiger partial charge on any atom is 0.214 e. The van der Waals surface area contributed by atoms with Crippen LogP contribution in [0.3, 0.4) is 0 Å². The Morgan fingerprint density at radius 2 is 1.86 bits per heavy atom. The molecule has 0 amide bonds. The normalized spacial score (nSPS) is 10.5. The fourth-order valence-corrected chi connectivity index (χ4v) is 2.03. The molecule has 0 bridgehead atoms. The van der Waals surface area contributed by atoms with Gasteiger partial charge in [-0.15, -0.1) is 0 Å². The smallest absolute Gasteiger partial charge is 0.214 e. The molecule has 0 atom stereocenters. The largest absolute Gasteiger partial charge is 0.494 e. The van der Waals surface area contributed by atoms with Crippen LogP contribution in [0.5, 0.6) is 5.75 Å². The molecule has 0 spiro atoms. The van der Waals surface area contributed by atoms with Gasteiger partial charge in [0.25, 0.3) is 0 Å². The second-order valence-corrected chi connectivity index (χ2v) is 4.30. The van der Waals surface area contributed by atoms with Crippen LogP contribution in [0.2, 0.25) is 0 Å². The zero-order valence-corrected chi connectivity index (χ0v) is 11.5. The van der Waals surface area contributed by atoms with E-state index >= 15 is 0 Å². The van der Waals surface area contributed by atoms with Crippen molar-refractivity contribution in [2.24, 2.45) is 0 Å². The zero-order valence-electron chi connectivity index (χ0n) is 11.5. The molecule has 106 valence electrons. The highest BCUT2D eigenvalue weighted by Gasteiger charge is 2.19. The highest BCUT2D eigenvalue weighted by Crippen LogP contribution is 2.35. The summed E-state index contributed by atoms with van der Waals surface area (Å²) >= 11 is 0. The van der Waals surface area contributed by atoms with E-state index in [1.165, 1.54) is 0 Å². The number of nitrogen functional groups attached to an aromatic ring is 1. The standard InChI is InChI=1S/C15H14N4O2/c1-2-20-11-6-4-10(5-7-11)12-13(21-19-14(12)16)15-17-8-3-9-18-15/h3-9H,2H2,1H3,(H2,16,19). The van der Waals surface area contributed by atoms with Crippen molar-refractivity contribution in [2.75, 3.05) is 12.3 Å². The molecule has 2 heterocycles. The fraction of sp³-hybridized carbons (Fsp3) is 0.133. The van der Waals surface area contributed by atoms with E-state index in [1.54, 1.807) is 18.5 Å². The molecule has 0 saturated carbocycles. The summed E-state index contributed by atoms with van der Waals surface area (Å²) in [6, 6.07) is 9.29. The first kappa shape index (κ1) is 13.1. The lowest BCUT2D eigenvalue weighted by Crippen LogP contribution is -1.93. The maximum atomic E-state index is 5.92. The van der Waals surface area contributed by atoms with Crippen molar-refractivity contribution in [3.8, 4) is 28.5 Å². The van der Waals surface area contributed by atoms with Gasteiger partial charge in [0.15, 0.2) is 11.6 Å². The molecule has 0 unspecified atom stereocenters. The Kier molecular flexibility index (Phi) is 3.51. The van der Waals surface area contributed by atoms with Crippen LogP contribution in [0.4, 0.5) is 5.82 Å². The van der Waals surface area contributed by atoms with Crippen molar-refractivity contribution < 1.29 is 9.26 Å². The minimum atomic E-state index is 0.307. The van der Waals surface area contributed by atoms with Crippen molar-refractivity contribution in [1.29, 1.82) is 0 Å². The third-order valence-electron chi connectivity index (χ3n) is 2.94. The summed E-state index contributed by atoms with van der Waals surface area (Å²) in [6.45, 7) is 2.56. The average Bonchev–Trinajstić information content (AvgIpc) is 2.91. The van der Waals surface area contributed by atoms with Gasteiger partial charge in [0.1, 0.15) is 5.75 Å². The molecular formula is C15H14N4O2. The van der Waals surface area contributed by atoms with Crippen molar-refractivity contribution >= 4 is 5.82 Å². The Balaban J connectivity index is 2.04. The van der Waals surface area contributed by atoms with E-state index in [9.17, 15) is 0 Å². The molecule has 2 aromatic heterocycles. The van der Waals surface area contributed by atoms with Crippen LogP contribution < -0.4 is 10.5 Å². The summed E-state index contributed by atoms with van der Waals surface area (Å²) in [4.78, 5) is 8.34. The lowest BCUT2D eigenvalue weighted by atomic mass is 10.1. The lowest BCUT2D eigenvalue weighted by Gasteiger charge is -2.05. The molecule has 0 fully saturated rings. The van der Waals surface area contributed by atoms with Crippen LogP contribution in [-0.2, 0) is 0 Å². The summed E-state index contributed by atoms with van der Waals surface area (Å²) in [5.74, 6) is 2.01. The highest BCUT2D eigenvalue weighted by molar-refractivity contribution is 5.84. The molecule has 3 rings (SSSR count). The first-order chi connectivity index (χ1) is 10.3. The SMILES string of the molecule is CCOc1ccc(-c2c(N)noc2-c2ncccn2)cc1. The van der Waals surface area contributed by atoms with Gasteiger partial charge in [0.2, 0.25) is 5.76 Å². The van der Waals surface area contributed by atoms with Gasteiger partial charge in [-0.25, -0.2) is 9.97 Å². The minimum absolute atomic E-state index is 0.307. The van der Waals surface area contributed by atoms with Gasteiger partial charge in [-0.3, -0.25) is 0 Å². The summed E-state index contributed by atoms with van der Waals surface area (Å²) in [5.41, 5.74) is 7.47. The van der Waals surface area contributed by atoms with Gasteiger partial charge < -0.3 is 15.0 Å². The van der Waals surface area contributed by atoms with Crippen molar-refractivity contribution in [2.45, 2.75) is 6.92 Å². The number of anilines is 1. The van der Waals surface area contributed by atoms with E-state index in [-0.39, 0.29) is 0 Å². The number of rotatable bonds is 4. The molecule has 21 heavy (non-hydrogen) atoms. The summed E-state index contributed by atoms with van der Waals surface area (Å²) < 4.78 is 10.7. The van der Waals surface area contributed by atoms with Crippen LogP contribution in [-0.4, -0.2) is 21.7 Å². The van der Waals surface area contributed by atoms with Crippen molar-refractivity contribution in [3.05, 3.63) is 42.7 Å². The first-order valence-corrected chi connectivity index (χ1v) is 6.55. The third kappa shape index (κ3) is 2.55. The molecular weight excluding hydrogens is 268 g/mol. The second-order valence-electron chi connectivity index (χ2n) is 4.30. The predicted molar refractivity (Wildman–Crippen MR) is 78.5 cm³/mol. The van der Waals surface area contributed by atoms with Crippen LogP contribution in [0.25, 0.3) is 22.7 Å². The van der Waals surface area contributed by atoms with E-state index in [0.717, 1.165) is 11.3 Å². The number of hydrogen-bond donors (Lipinski definition) is 1. The second kappa shape index (κ2) is 5.62. The topological polar surface area (TPSA) is 87.1 Å². The molecule has 0 aliphatic carbocycles. The van der Waals surface area contributed by atoms with Crippen LogP contribution in [0.1, 0.15) is 6.92 Å². The van der Waals surface area contributed by atoms with Gasteiger partial charge in [0.05, 0.1) is 12.2 Å². The highest BCUT2D eigenvalue weighted by atomic mass is 16.5. The lowest BCUT2D eigenvalue weighted by molar-refractivity contribution is 0.340. The number of nitrogens with zero attached hydrogens (tertiary/aromatic N) is 3. The molecule has 0 radical (unpaired) electrons. The van der Waals surface area contributed by atoms with E-state index in [0.29, 0.717) is 29.6 Å². The molecule has 3 aromatic rings. The molecule has 6 nitrogen and oxygen atoms in total. The molecule has 2 N–H and O–H groups in total. The Bertz CT molecular complexity index is 723. The Morgan fingerprint density at radius 1 is 1.14 bits per heavy atom. The Morgan fingerprint density at radius 3 is 2.52 bits per heavy atom. The monoisotopic (exact) mass is 282 g/mol. The maximum absolute atomic E-state index is 5.92. The quantitative estimate of drug-likeness (QED) is 0.791. The predicted octanol–water partition coefficient (Wildman–Crippen LogP) is 2.78. The van der Waals surface area contributed by atoms with Gasteiger partial charge in [-0.2, -0.15) is 0 Å². The zero-order chi connectivity index (χ0) is 14.7. The third-order valence-corrected chi connectivity index (χ3v) is 2.94. The van der Waals surface area contributed by atoms with E-state index < -0.39 is 0 Å². The summed E-state index contributed by atoms with van der Waals surface area (Å²) in [6.07, 6.45) is 3.28. The number of benzene rings is 1. The number of aromatic nitrogens is 3. The van der Waals surface area contributed by atoms with Crippen LogP contribution in [0, 0.1) is 0 Å². The Hall–Kier alpha value is -2.89. The average molecular weight is 282 g/mol. The molecule has 0 aliphatic heterocycles.